The molecule has 3 rings (SSSR count). The Balaban J connectivity index is 2.04. The molecule has 3 aromatic rings. The minimum absolute atomic E-state index is 0.624. The minimum Gasteiger partial charge on any atom is -0.351 e. The lowest BCUT2D eigenvalue weighted by atomic mass is 10.0. The highest BCUT2D eigenvalue weighted by Crippen LogP contribution is 2.31. The number of halogens is 3. The van der Waals surface area contributed by atoms with Gasteiger partial charge in [-0.1, -0.05) is 24.3 Å². The van der Waals surface area contributed by atoms with Crippen LogP contribution in [0.2, 0.25) is 0 Å². The van der Waals surface area contributed by atoms with E-state index in [4.69, 9.17) is 0 Å². The van der Waals surface area contributed by atoms with Crippen LogP contribution in [0.4, 0.5) is 13.2 Å². The van der Waals surface area contributed by atoms with Crippen LogP contribution in [0.3, 0.4) is 0 Å². The Bertz CT molecular complexity index is 751. The number of alkyl halides is 3. The van der Waals surface area contributed by atoms with Gasteiger partial charge < -0.3 is 4.57 Å². The Labute approximate surface area is 114 Å². The van der Waals surface area contributed by atoms with Crippen molar-refractivity contribution < 1.29 is 13.2 Å². The molecule has 102 valence electrons. The number of hydrogen-bond acceptors (Lipinski definition) is 0. The van der Waals surface area contributed by atoms with Crippen LogP contribution >= 0.6 is 0 Å². The van der Waals surface area contributed by atoms with Crippen molar-refractivity contribution in [3.05, 3.63) is 60.3 Å². The van der Waals surface area contributed by atoms with Crippen LogP contribution in [0.5, 0.6) is 0 Å². The van der Waals surface area contributed by atoms with Crippen molar-refractivity contribution in [1.82, 2.24) is 4.57 Å². The monoisotopic (exact) mass is 275 g/mol. The molecule has 0 spiro atoms. The van der Waals surface area contributed by atoms with Crippen LogP contribution in [0, 0.1) is 0 Å². The Kier molecular flexibility index (Phi) is 2.82. The van der Waals surface area contributed by atoms with Crippen molar-refractivity contribution in [1.29, 1.82) is 0 Å². The summed E-state index contributed by atoms with van der Waals surface area (Å²) in [5, 5.41) is 1.11. The molecule has 0 aliphatic heterocycles. The molecule has 4 heteroatoms. The van der Waals surface area contributed by atoms with Gasteiger partial charge in [0.2, 0.25) is 0 Å². The summed E-state index contributed by atoms with van der Waals surface area (Å²) in [5.74, 6) is 0. The second-order valence-electron chi connectivity index (χ2n) is 4.78. The van der Waals surface area contributed by atoms with Gasteiger partial charge in [0, 0.05) is 18.8 Å². The van der Waals surface area contributed by atoms with Gasteiger partial charge in [-0.2, -0.15) is 13.2 Å². The van der Waals surface area contributed by atoms with Crippen molar-refractivity contribution in [3.63, 3.8) is 0 Å². The smallest absolute Gasteiger partial charge is 0.351 e. The molecule has 0 unspecified atom stereocenters. The SMILES string of the molecule is Cn1ccc2ccc(-c3ccc(C(F)(F)F)cc3)cc21. The first-order valence-corrected chi connectivity index (χ1v) is 6.18. The van der Waals surface area contributed by atoms with E-state index >= 15 is 0 Å². The van der Waals surface area contributed by atoms with E-state index in [1.54, 1.807) is 0 Å². The normalized spacial score (nSPS) is 12.0. The molecule has 0 saturated carbocycles. The molecule has 2 aromatic carbocycles. The third kappa shape index (κ3) is 2.18. The second-order valence-corrected chi connectivity index (χ2v) is 4.78. The largest absolute Gasteiger partial charge is 0.416 e. The van der Waals surface area contributed by atoms with E-state index in [1.807, 2.05) is 42.1 Å². The third-order valence-corrected chi connectivity index (χ3v) is 3.43. The predicted octanol–water partition coefficient (Wildman–Crippen LogP) is 4.86. The lowest BCUT2D eigenvalue weighted by molar-refractivity contribution is -0.137. The topological polar surface area (TPSA) is 4.93 Å². The summed E-state index contributed by atoms with van der Waals surface area (Å²) in [6.07, 6.45) is -2.33. The fourth-order valence-corrected chi connectivity index (χ4v) is 2.29. The van der Waals surface area contributed by atoms with Crippen LogP contribution < -0.4 is 0 Å². The molecular formula is C16H12F3N. The summed E-state index contributed by atoms with van der Waals surface area (Å²) in [6, 6.07) is 13.1. The van der Waals surface area contributed by atoms with Crippen LogP contribution in [-0.4, -0.2) is 4.57 Å². The summed E-state index contributed by atoms with van der Waals surface area (Å²) in [6.45, 7) is 0. The van der Waals surface area contributed by atoms with Crippen LogP contribution in [0.25, 0.3) is 22.0 Å². The standard InChI is InChI=1S/C16H12F3N/c1-20-9-8-12-2-3-13(10-15(12)20)11-4-6-14(7-5-11)16(17,18)19/h2-10H,1H3. The van der Waals surface area contributed by atoms with Crippen molar-refractivity contribution in [2.24, 2.45) is 7.05 Å². The average Bonchev–Trinajstić information content (AvgIpc) is 2.79. The first-order chi connectivity index (χ1) is 9.45. The lowest BCUT2D eigenvalue weighted by Crippen LogP contribution is -2.03. The van der Waals surface area contributed by atoms with Crippen LogP contribution in [-0.2, 0) is 13.2 Å². The predicted molar refractivity (Wildman–Crippen MR) is 73.4 cm³/mol. The maximum atomic E-state index is 12.5. The molecule has 1 aromatic heterocycles. The van der Waals surface area contributed by atoms with Crippen molar-refractivity contribution in [2.45, 2.75) is 6.18 Å². The van der Waals surface area contributed by atoms with Gasteiger partial charge >= 0.3 is 6.18 Å². The zero-order valence-electron chi connectivity index (χ0n) is 10.8. The minimum atomic E-state index is -4.29. The molecule has 1 heterocycles. The van der Waals surface area contributed by atoms with Gasteiger partial charge in [-0.05, 0) is 40.8 Å². The van der Waals surface area contributed by atoms with E-state index in [0.717, 1.165) is 34.2 Å². The number of nitrogens with zero attached hydrogens (tertiary/aromatic N) is 1. The lowest BCUT2D eigenvalue weighted by Gasteiger charge is -2.08. The first kappa shape index (κ1) is 12.8. The van der Waals surface area contributed by atoms with E-state index in [1.165, 1.54) is 12.1 Å². The van der Waals surface area contributed by atoms with Gasteiger partial charge in [0.1, 0.15) is 0 Å². The highest BCUT2D eigenvalue weighted by Gasteiger charge is 2.29. The average molecular weight is 275 g/mol. The highest BCUT2D eigenvalue weighted by atomic mass is 19.4. The third-order valence-electron chi connectivity index (χ3n) is 3.43. The molecule has 0 aliphatic carbocycles. The fourth-order valence-electron chi connectivity index (χ4n) is 2.29. The Morgan fingerprint density at radius 3 is 2.15 bits per heavy atom. The Morgan fingerprint density at radius 1 is 0.850 bits per heavy atom. The van der Waals surface area contributed by atoms with Gasteiger partial charge in [-0.15, -0.1) is 0 Å². The van der Waals surface area contributed by atoms with E-state index in [-0.39, 0.29) is 0 Å². The van der Waals surface area contributed by atoms with Crippen LogP contribution in [0.1, 0.15) is 5.56 Å². The number of benzene rings is 2. The second kappa shape index (κ2) is 4.40. The summed E-state index contributed by atoms with van der Waals surface area (Å²) in [7, 11) is 1.94. The van der Waals surface area contributed by atoms with Crippen LogP contribution in [0.15, 0.2) is 54.7 Å². The summed E-state index contributed by atoms with van der Waals surface area (Å²) in [5.41, 5.74) is 2.12. The summed E-state index contributed by atoms with van der Waals surface area (Å²) >= 11 is 0. The van der Waals surface area contributed by atoms with E-state index < -0.39 is 11.7 Å². The molecule has 0 aliphatic rings. The van der Waals surface area contributed by atoms with Crippen molar-refractivity contribution >= 4 is 10.9 Å². The highest BCUT2D eigenvalue weighted by molar-refractivity contribution is 5.85. The first-order valence-electron chi connectivity index (χ1n) is 6.18. The number of hydrogen-bond donors (Lipinski definition) is 0. The summed E-state index contributed by atoms with van der Waals surface area (Å²) < 4.78 is 39.6. The maximum Gasteiger partial charge on any atom is 0.416 e. The van der Waals surface area contributed by atoms with Gasteiger partial charge in [-0.3, -0.25) is 0 Å². The molecule has 1 nitrogen and oxygen atoms in total. The Hall–Kier alpha value is -2.23. The van der Waals surface area contributed by atoms with Gasteiger partial charge in [0.15, 0.2) is 0 Å². The number of rotatable bonds is 1. The quantitative estimate of drug-likeness (QED) is 0.597. The van der Waals surface area contributed by atoms with Gasteiger partial charge in [0.05, 0.1) is 5.56 Å². The van der Waals surface area contributed by atoms with E-state index in [9.17, 15) is 13.2 Å². The van der Waals surface area contributed by atoms with Crippen molar-refractivity contribution in [3.8, 4) is 11.1 Å². The molecule has 20 heavy (non-hydrogen) atoms. The van der Waals surface area contributed by atoms with E-state index in [2.05, 4.69) is 0 Å². The maximum absolute atomic E-state index is 12.5. The van der Waals surface area contributed by atoms with Crippen molar-refractivity contribution in [2.75, 3.05) is 0 Å². The zero-order valence-corrected chi connectivity index (χ0v) is 10.8. The molecule has 0 N–H and O–H groups in total. The zero-order chi connectivity index (χ0) is 14.3. The number of fused-ring (bicyclic) bond motifs is 1. The van der Waals surface area contributed by atoms with Gasteiger partial charge in [0.25, 0.3) is 0 Å². The summed E-state index contributed by atoms with van der Waals surface area (Å²) in [4.78, 5) is 0. The van der Waals surface area contributed by atoms with E-state index in [0.29, 0.717) is 0 Å². The Morgan fingerprint density at radius 2 is 1.50 bits per heavy atom. The fraction of sp³-hybridized carbons (Fsp3) is 0.125. The molecule has 0 bridgehead atoms. The number of aryl methyl sites for hydroxylation is 1. The molecule has 0 saturated heterocycles. The molecular weight excluding hydrogens is 263 g/mol. The number of aromatic nitrogens is 1. The molecule has 0 fully saturated rings. The molecule has 0 atom stereocenters. The molecule has 0 amide bonds. The van der Waals surface area contributed by atoms with Gasteiger partial charge in [-0.25, -0.2) is 0 Å². The molecule has 0 radical (unpaired) electrons.